The first-order valence-electron chi connectivity index (χ1n) is 9.16. The average Bonchev–Trinajstić information content (AvgIpc) is 2.68. The number of hydrogen-bond donors (Lipinski definition) is 1. The van der Waals surface area contributed by atoms with E-state index in [-0.39, 0.29) is 0 Å². The summed E-state index contributed by atoms with van der Waals surface area (Å²) in [4.78, 5) is 11.5. The van der Waals surface area contributed by atoms with Crippen LogP contribution in [0.4, 0.5) is 5.82 Å². The van der Waals surface area contributed by atoms with E-state index in [4.69, 9.17) is 0 Å². The molecule has 1 aliphatic heterocycles. The van der Waals surface area contributed by atoms with Crippen molar-refractivity contribution in [1.82, 2.24) is 14.9 Å². The molecule has 0 unspecified atom stereocenters. The molecule has 0 spiro atoms. The number of benzene rings is 2. The van der Waals surface area contributed by atoms with Gasteiger partial charge in [-0.25, -0.2) is 9.97 Å². The standard InChI is InChI=1S/C22H24N4/c1-17-7-9-18(10-8-17)13-23-22-20-15-26(12-11-21(20)24-16-25-22)14-19-5-3-2-4-6-19/h2-10,16H,11-15H2,1H3,(H,23,24,25). The van der Waals surface area contributed by atoms with Gasteiger partial charge in [0.2, 0.25) is 0 Å². The van der Waals surface area contributed by atoms with Crippen molar-refractivity contribution in [3.05, 3.63) is 88.9 Å². The summed E-state index contributed by atoms with van der Waals surface area (Å²) in [7, 11) is 0. The highest BCUT2D eigenvalue weighted by atomic mass is 15.1. The van der Waals surface area contributed by atoms with Gasteiger partial charge in [-0.1, -0.05) is 60.2 Å². The molecule has 0 atom stereocenters. The molecule has 0 saturated carbocycles. The Morgan fingerprint density at radius 2 is 1.77 bits per heavy atom. The van der Waals surface area contributed by atoms with Gasteiger partial charge >= 0.3 is 0 Å². The summed E-state index contributed by atoms with van der Waals surface area (Å²) in [5.74, 6) is 0.966. The van der Waals surface area contributed by atoms with Crippen LogP contribution in [0.2, 0.25) is 0 Å². The third-order valence-corrected chi connectivity index (χ3v) is 4.91. The van der Waals surface area contributed by atoms with Crippen LogP contribution in [0.3, 0.4) is 0 Å². The van der Waals surface area contributed by atoms with Gasteiger partial charge in [-0.2, -0.15) is 0 Å². The fourth-order valence-corrected chi connectivity index (χ4v) is 3.42. The topological polar surface area (TPSA) is 41.1 Å². The van der Waals surface area contributed by atoms with Crippen molar-refractivity contribution in [2.75, 3.05) is 11.9 Å². The molecular weight excluding hydrogens is 320 g/mol. The smallest absolute Gasteiger partial charge is 0.134 e. The predicted octanol–water partition coefficient (Wildman–Crippen LogP) is 3.96. The molecule has 2 heterocycles. The van der Waals surface area contributed by atoms with Crippen molar-refractivity contribution in [3.63, 3.8) is 0 Å². The lowest BCUT2D eigenvalue weighted by molar-refractivity contribution is 0.243. The number of hydrogen-bond acceptors (Lipinski definition) is 4. The van der Waals surface area contributed by atoms with Crippen molar-refractivity contribution >= 4 is 5.82 Å². The van der Waals surface area contributed by atoms with E-state index < -0.39 is 0 Å². The Morgan fingerprint density at radius 3 is 2.58 bits per heavy atom. The molecule has 0 bridgehead atoms. The largest absolute Gasteiger partial charge is 0.366 e. The Labute approximate surface area is 154 Å². The molecule has 0 fully saturated rings. The van der Waals surface area contributed by atoms with Gasteiger partial charge in [-0.3, -0.25) is 4.90 Å². The second-order valence-electron chi connectivity index (χ2n) is 6.93. The van der Waals surface area contributed by atoms with Crippen LogP contribution in [0.1, 0.15) is 27.9 Å². The van der Waals surface area contributed by atoms with Gasteiger partial charge in [-0.05, 0) is 18.1 Å². The van der Waals surface area contributed by atoms with Gasteiger partial charge in [0.05, 0.1) is 5.69 Å². The first-order chi connectivity index (χ1) is 12.8. The molecule has 0 amide bonds. The Morgan fingerprint density at radius 1 is 0.962 bits per heavy atom. The maximum atomic E-state index is 4.52. The van der Waals surface area contributed by atoms with Gasteiger partial charge in [0.15, 0.2) is 0 Å². The average molecular weight is 344 g/mol. The summed E-state index contributed by atoms with van der Waals surface area (Å²) < 4.78 is 0. The van der Waals surface area contributed by atoms with Gasteiger partial charge in [0, 0.05) is 38.2 Å². The normalized spacial score (nSPS) is 14.0. The van der Waals surface area contributed by atoms with Crippen LogP contribution in [0.5, 0.6) is 0 Å². The van der Waals surface area contributed by atoms with Crippen LogP contribution < -0.4 is 5.32 Å². The van der Waals surface area contributed by atoms with E-state index in [0.717, 1.165) is 38.4 Å². The maximum absolute atomic E-state index is 4.52. The van der Waals surface area contributed by atoms with Crippen LogP contribution in [0.15, 0.2) is 60.9 Å². The first-order valence-corrected chi connectivity index (χ1v) is 9.16. The molecule has 3 aromatic rings. The molecule has 2 aromatic carbocycles. The Hall–Kier alpha value is -2.72. The zero-order valence-corrected chi connectivity index (χ0v) is 15.2. The minimum Gasteiger partial charge on any atom is -0.366 e. The number of anilines is 1. The number of nitrogens with zero attached hydrogens (tertiary/aromatic N) is 3. The van der Waals surface area contributed by atoms with E-state index in [1.54, 1.807) is 6.33 Å². The lowest BCUT2D eigenvalue weighted by atomic mass is 10.0. The summed E-state index contributed by atoms with van der Waals surface area (Å²) in [6.07, 6.45) is 2.66. The minimum atomic E-state index is 0.780. The van der Waals surface area contributed by atoms with E-state index in [9.17, 15) is 0 Å². The highest BCUT2D eigenvalue weighted by Gasteiger charge is 2.21. The van der Waals surface area contributed by atoms with Crippen LogP contribution >= 0.6 is 0 Å². The molecule has 0 aliphatic carbocycles. The molecule has 1 N–H and O–H groups in total. The molecule has 1 aromatic heterocycles. The third kappa shape index (κ3) is 3.92. The summed E-state index contributed by atoms with van der Waals surface area (Å²) in [6, 6.07) is 19.3. The quantitative estimate of drug-likeness (QED) is 0.761. The minimum absolute atomic E-state index is 0.780. The number of fused-ring (bicyclic) bond motifs is 1. The van der Waals surface area contributed by atoms with Crippen molar-refractivity contribution in [3.8, 4) is 0 Å². The number of nitrogens with one attached hydrogen (secondary N) is 1. The summed E-state index contributed by atoms with van der Waals surface area (Å²) >= 11 is 0. The zero-order chi connectivity index (χ0) is 17.8. The van der Waals surface area contributed by atoms with E-state index in [1.807, 2.05) is 0 Å². The summed E-state index contributed by atoms with van der Waals surface area (Å²) in [6.45, 7) is 5.78. The molecule has 0 saturated heterocycles. The lowest BCUT2D eigenvalue weighted by Gasteiger charge is -2.29. The molecule has 26 heavy (non-hydrogen) atoms. The van der Waals surface area contributed by atoms with E-state index in [0.29, 0.717) is 0 Å². The number of rotatable bonds is 5. The Balaban J connectivity index is 1.47. The van der Waals surface area contributed by atoms with Gasteiger partial charge in [-0.15, -0.1) is 0 Å². The van der Waals surface area contributed by atoms with Crippen molar-refractivity contribution in [1.29, 1.82) is 0 Å². The van der Waals surface area contributed by atoms with E-state index >= 15 is 0 Å². The highest BCUT2D eigenvalue weighted by molar-refractivity contribution is 5.47. The fourth-order valence-electron chi connectivity index (χ4n) is 3.42. The molecule has 0 radical (unpaired) electrons. The predicted molar refractivity (Wildman–Crippen MR) is 105 cm³/mol. The van der Waals surface area contributed by atoms with Gasteiger partial charge < -0.3 is 5.32 Å². The summed E-state index contributed by atoms with van der Waals surface area (Å²) in [5.41, 5.74) is 6.31. The monoisotopic (exact) mass is 344 g/mol. The van der Waals surface area contributed by atoms with Crippen LogP contribution in [0.25, 0.3) is 0 Å². The SMILES string of the molecule is Cc1ccc(CNc2ncnc3c2CN(Cc2ccccc2)CC3)cc1. The van der Waals surface area contributed by atoms with Crippen molar-refractivity contribution in [2.45, 2.75) is 33.0 Å². The van der Waals surface area contributed by atoms with Crippen LogP contribution in [0, 0.1) is 6.92 Å². The van der Waals surface area contributed by atoms with Crippen LogP contribution in [-0.4, -0.2) is 21.4 Å². The maximum Gasteiger partial charge on any atom is 0.134 e. The summed E-state index contributed by atoms with van der Waals surface area (Å²) in [5, 5.41) is 3.52. The first kappa shape index (κ1) is 16.7. The zero-order valence-electron chi connectivity index (χ0n) is 15.2. The highest BCUT2D eigenvalue weighted by Crippen LogP contribution is 2.24. The van der Waals surface area contributed by atoms with Gasteiger partial charge in [0.1, 0.15) is 12.1 Å². The van der Waals surface area contributed by atoms with Crippen LogP contribution in [-0.2, 0) is 26.1 Å². The number of aryl methyl sites for hydroxylation is 1. The van der Waals surface area contributed by atoms with Gasteiger partial charge in [0.25, 0.3) is 0 Å². The fraction of sp³-hybridized carbons (Fsp3) is 0.273. The van der Waals surface area contributed by atoms with Crippen molar-refractivity contribution < 1.29 is 0 Å². The Bertz CT molecular complexity index is 859. The molecule has 4 rings (SSSR count). The second kappa shape index (κ2) is 7.67. The van der Waals surface area contributed by atoms with E-state index in [2.05, 4.69) is 81.7 Å². The second-order valence-corrected chi connectivity index (χ2v) is 6.93. The molecule has 4 nitrogen and oxygen atoms in total. The Kier molecular flexibility index (Phi) is 4.93. The number of aromatic nitrogens is 2. The lowest BCUT2D eigenvalue weighted by Crippen LogP contribution is -2.31. The molecular formula is C22H24N4. The molecule has 132 valence electrons. The van der Waals surface area contributed by atoms with E-state index in [1.165, 1.54) is 27.9 Å². The molecule has 1 aliphatic rings. The molecule has 4 heteroatoms. The third-order valence-electron chi connectivity index (χ3n) is 4.91. The van der Waals surface area contributed by atoms with Crippen molar-refractivity contribution in [2.24, 2.45) is 0 Å².